The summed E-state index contributed by atoms with van der Waals surface area (Å²) >= 11 is 1.43. The van der Waals surface area contributed by atoms with Crippen molar-refractivity contribution in [2.45, 2.75) is 69.2 Å². The van der Waals surface area contributed by atoms with Crippen LogP contribution in [0.5, 0.6) is 0 Å². The molecule has 1 atom stereocenters. The van der Waals surface area contributed by atoms with Crippen LogP contribution in [0.3, 0.4) is 0 Å². The minimum atomic E-state index is -3.79. The van der Waals surface area contributed by atoms with Gasteiger partial charge in [-0.05, 0) is 62.6 Å². The number of hydrogen-bond acceptors (Lipinski definition) is 6. The fourth-order valence-corrected chi connectivity index (χ4v) is 7.48. The lowest BCUT2D eigenvalue weighted by atomic mass is 10.1. The highest BCUT2D eigenvalue weighted by Crippen LogP contribution is 2.38. The van der Waals surface area contributed by atoms with Crippen molar-refractivity contribution in [1.82, 2.24) is 4.31 Å². The number of hydrogen-bond donors (Lipinski definition) is 1. The normalized spacial score (nSPS) is 19.0. The second kappa shape index (κ2) is 10.4. The second-order valence-electron chi connectivity index (χ2n) is 8.48. The molecule has 1 N–H and O–H groups in total. The molecule has 1 aliphatic carbocycles. The Bertz CT molecular complexity index is 1110. The predicted octanol–water partition coefficient (Wildman–Crippen LogP) is 4.38. The molecular formula is C24H30N2O5S2. The van der Waals surface area contributed by atoms with Gasteiger partial charge < -0.3 is 10.1 Å². The van der Waals surface area contributed by atoms with Crippen molar-refractivity contribution in [3.05, 3.63) is 46.3 Å². The van der Waals surface area contributed by atoms with E-state index in [0.29, 0.717) is 43.0 Å². The number of ether oxygens (including phenoxy) is 1. The third kappa shape index (κ3) is 5.00. The summed E-state index contributed by atoms with van der Waals surface area (Å²) in [5.74, 6) is -0.806. The van der Waals surface area contributed by atoms with Crippen molar-refractivity contribution >= 4 is 38.2 Å². The van der Waals surface area contributed by atoms with Crippen LogP contribution in [0.4, 0.5) is 5.00 Å². The molecule has 0 radical (unpaired) electrons. The van der Waals surface area contributed by atoms with Gasteiger partial charge in [0.25, 0.3) is 0 Å². The van der Waals surface area contributed by atoms with Crippen LogP contribution in [0.2, 0.25) is 0 Å². The second-order valence-corrected chi connectivity index (χ2v) is 11.5. The van der Waals surface area contributed by atoms with E-state index in [0.717, 1.165) is 42.5 Å². The lowest BCUT2D eigenvalue weighted by Crippen LogP contribution is -2.43. The fraction of sp³-hybridized carbons (Fsp3) is 0.500. The van der Waals surface area contributed by atoms with E-state index in [2.05, 4.69) is 5.32 Å². The first kappa shape index (κ1) is 23.9. The van der Waals surface area contributed by atoms with Crippen molar-refractivity contribution in [3.63, 3.8) is 0 Å². The molecule has 0 unspecified atom stereocenters. The number of amides is 1. The minimum Gasteiger partial charge on any atom is -0.462 e. The molecule has 9 heteroatoms. The van der Waals surface area contributed by atoms with E-state index in [9.17, 15) is 18.0 Å². The Labute approximate surface area is 199 Å². The van der Waals surface area contributed by atoms with Gasteiger partial charge in [-0.3, -0.25) is 4.79 Å². The van der Waals surface area contributed by atoms with E-state index in [1.54, 1.807) is 30.3 Å². The van der Waals surface area contributed by atoms with E-state index in [1.807, 2.05) is 6.92 Å². The third-order valence-electron chi connectivity index (χ3n) is 6.16. The molecule has 1 fully saturated rings. The molecule has 4 rings (SSSR count). The zero-order valence-corrected chi connectivity index (χ0v) is 20.5. The zero-order chi connectivity index (χ0) is 23.4. The van der Waals surface area contributed by atoms with E-state index < -0.39 is 27.9 Å². The van der Waals surface area contributed by atoms with Gasteiger partial charge in [0.15, 0.2) is 0 Å². The number of fused-ring (bicyclic) bond motifs is 1. The first-order valence-electron chi connectivity index (χ1n) is 11.6. The van der Waals surface area contributed by atoms with Crippen LogP contribution in [0.1, 0.15) is 66.2 Å². The first-order chi connectivity index (χ1) is 15.9. The van der Waals surface area contributed by atoms with Crippen molar-refractivity contribution in [1.29, 1.82) is 0 Å². The van der Waals surface area contributed by atoms with Crippen LogP contribution in [0, 0.1) is 0 Å². The molecule has 1 aliphatic heterocycles. The monoisotopic (exact) mass is 490 g/mol. The molecular weight excluding hydrogens is 460 g/mol. The van der Waals surface area contributed by atoms with Crippen molar-refractivity contribution < 1.29 is 22.7 Å². The number of sulfonamides is 1. The van der Waals surface area contributed by atoms with Crippen LogP contribution >= 0.6 is 11.3 Å². The Kier molecular flexibility index (Phi) is 7.51. The van der Waals surface area contributed by atoms with Gasteiger partial charge in [0.1, 0.15) is 11.0 Å². The SMILES string of the molecule is CCCOC(=O)c1c(NC(=O)[C@H]2CCCN2S(=O)(=O)c2ccccc2)sc2c1CCCCC2. The van der Waals surface area contributed by atoms with E-state index in [1.165, 1.54) is 15.6 Å². The van der Waals surface area contributed by atoms with Gasteiger partial charge >= 0.3 is 5.97 Å². The summed E-state index contributed by atoms with van der Waals surface area (Å²) in [7, 11) is -3.79. The highest BCUT2D eigenvalue weighted by molar-refractivity contribution is 7.89. The highest BCUT2D eigenvalue weighted by Gasteiger charge is 2.40. The maximum absolute atomic E-state index is 13.3. The van der Waals surface area contributed by atoms with Gasteiger partial charge in [-0.25, -0.2) is 13.2 Å². The maximum atomic E-state index is 13.3. The molecule has 7 nitrogen and oxygen atoms in total. The van der Waals surface area contributed by atoms with Gasteiger partial charge in [0.2, 0.25) is 15.9 Å². The van der Waals surface area contributed by atoms with Crippen LogP contribution in [-0.2, 0) is 32.4 Å². The first-order valence-corrected chi connectivity index (χ1v) is 13.9. The van der Waals surface area contributed by atoms with Crippen LogP contribution in [0.15, 0.2) is 35.2 Å². The lowest BCUT2D eigenvalue weighted by molar-refractivity contribution is -0.119. The van der Waals surface area contributed by atoms with Gasteiger partial charge in [-0.15, -0.1) is 11.3 Å². The number of esters is 1. The average molecular weight is 491 g/mol. The minimum absolute atomic E-state index is 0.177. The maximum Gasteiger partial charge on any atom is 0.341 e. The lowest BCUT2D eigenvalue weighted by Gasteiger charge is -2.23. The Balaban J connectivity index is 1.61. The molecule has 1 saturated heterocycles. The highest BCUT2D eigenvalue weighted by atomic mass is 32.2. The van der Waals surface area contributed by atoms with Crippen LogP contribution in [-0.4, -0.2) is 43.8 Å². The Morgan fingerprint density at radius 2 is 1.88 bits per heavy atom. The van der Waals surface area contributed by atoms with Gasteiger partial charge in [-0.1, -0.05) is 31.5 Å². The van der Waals surface area contributed by atoms with E-state index >= 15 is 0 Å². The van der Waals surface area contributed by atoms with Crippen molar-refractivity contribution in [3.8, 4) is 0 Å². The fourth-order valence-electron chi connectivity index (χ4n) is 4.53. The summed E-state index contributed by atoms with van der Waals surface area (Å²) < 4.78 is 33.1. The number of anilines is 1. The molecule has 1 aromatic heterocycles. The van der Waals surface area contributed by atoms with E-state index in [-0.39, 0.29) is 4.90 Å². The molecule has 1 amide bonds. The Hall–Kier alpha value is -2.23. The summed E-state index contributed by atoms with van der Waals surface area (Å²) in [5, 5.41) is 3.40. The predicted molar refractivity (Wildman–Crippen MR) is 128 cm³/mol. The number of carbonyl (C=O) groups is 2. The number of nitrogens with one attached hydrogen (secondary N) is 1. The summed E-state index contributed by atoms with van der Waals surface area (Å²) in [6, 6.07) is 7.38. The molecule has 2 heterocycles. The summed E-state index contributed by atoms with van der Waals surface area (Å²) in [4.78, 5) is 27.5. The van der Waals surface area contributed by atoms with E-state index in [4.69, 9.17) is 4.74 Å². The number of carbonyl (C=O) groups excluding carboxylic acids is 2. The van der Waals surface area contributed by atoms with Crippen LogP contribution in [0.25, 0.3) is 0 Å². The van der Waals surface area contributed by atoms with Gasteiger partial charge in [0, 0.05) is 11.4 Å². The summed E-state index contributed by atoms with van der Waals surface area (Å²) in [6.45, 7) is 2.55. The Morgan fingerprint density at radius 3 is 2.64 bits per heavy atom. The number of rotatable bonds is 7. The largest absolute Gasteiger partial charge is 0.462 e. The number of thiophene rings is 1. The molecule has 33 heavy (non-hydrogen) atoms. The molecule has 0 spiro atoms. The van der Waals surface area contributed by atoms with Crippen LogP contribution < -0.4 is 5.32 Å². The molecule has 0 bridgehead atoms. The average Bonchev–Trinajstić information content (AvgIpc) is 3.38. The molecule has 2 aromatic rings. The smallest absolute Gasteiger partial charge is 0.341 e. The third-order valence-corrected chi connectivity index (χ3v) is 9.29. The molecule has 178 valence electrons. The Morgan fingerprint density at radius 1 is 1.12 bits per heavy atom. The van der Waals surface area contributed by atoms with Gasteiger partial charge in [-0.2, -0.15) is 4.31 Å². The standard InChI is InChI=1S/C24H30N2O5S2/c1-2-16-31-24(28)21-18-12-7-4-8-14-20(18)32-23(21)25-22(27)19-13-9-15-26(19)33(29,30)17-10-5-3-6-11-17/h3,5-6,10-11,19H,2,4,7-9,12-16H2,1H3,(H,25,27)/t19-/m1/s1. The number of benzene rings is 1. The topological polar surface area (TPSA) is 92.8 Å². The summed E-state index contributed by atoms with van der Waals surface area (Å²) in [6.07, 6.45) is 6.59. The number of nitrogens with zero attached hydrogens (tertiary/aromatic N) is 1. The molecule has 0 saturated carbocycles. The van der Waals surface area contributed by atoms with Crippen molar-refractivity contribution in [2.75, 3.05) is 18.5 Å². The van der Waals surface area contributed by atoms with Crippen molar-refractivity contribution in [2.24, 2.45) is 0 Å². The molecule has 1 aromatic carbocycles. The zero-order valence-electron chi connectivity index (χ0n) is 18.8. The summed E-state index contributed by atoms with van der Waals surface area (Å²) in [5.41, 5.74) is 1.43. The quantitative estimate of drug-likeness (QED) is 0.459. The molecule has 2 aliphatic rings. The number of aryl methyl sites for hydroxylation is 1. The van der Waals surface area contributed by atoms with Gasteiger partial charge in [0.05, 0.1) is 17.1 Å².